The Kier molecular flexibility index (Phi) is 5.11. The number of hydrogen-bond donors (Lipinski definition) is 0. The lowest BCUT2D eigenvalue weighted by atomic mass is 9.99. The van der Waals surface area contributed by atoms with E-state index < -0.39 is 42.3 Å². The molecule has 0 aliphatic heterocycles. The second-order valence-corrected chi connectivity index (χ2v) is 11.4. The van der Waals surface area contributed by atoms with Gasteiger partial charge in [0.2, 0.25) is 0 Å². The molecule has 0 N–H and O–H groups in total. The molecule has 9 rings (SSSR count). The molecule has 230 valence electrons. The maximum Gasteiger partial charge on any atom is 0.164 e. The summed E-state index contributed by atoms with van der Waals surface area (Å²) in [4.78, 5) is 14.8. The van der Waals surface area contributed by atoms with Crippen molar-refractivity contribution in [2.45, 2.75) is 0 Å². The number of benzene rings is 7. The predicted octanol–water partition coefficient (Wildman–Crippen LogP) is 11.3. The first-order valence-corrected chi connectivity index (χ1v) is 15.7. The van der Waals surface area contributed by atoms with Crippen molar-refractivity contribution in [3.8, 4) is 62.1 Å². The Morgan fingerprint density at radius 1 is 0.408 bits per heavy atom. The van der Waals surface area contributed by atoms with Crippen molar-refractivity contribution < 1.29 is 12.3 Å². The minimum Gasteiger partial charge on any atom is -0.309 e. The van der Waals surface area contributed by atoms with E-state index in [9.17, 15) is 0 Å². The zero-order chi connectivity index (χ0) is 40.4. The van der Waals surface area contributed by atoms with E-state index in [1.807, 2.05) is 109 Å². The molecule has 0 aliphatic carbocycles. The van der Waals surface area contributed by atoms with Gasteiger partial charge in [-0.3, -0.25) is 0 Å². The van der Waals surface area contributed by atoms with Crippen molar-refractivity contribution in [2.24, 2.45) is 0 Å². The van der Waals surface area contributed by atoms with Gasteiger partial charge in [0.25, 0.3) is 0 Å². The molecule has 0 unspecified atom stereocenters. The van der Waals surface area contributed by atoms with Gasteiger partial charge in [-0.15, -0.1) is 0 Å². The number of nitrogens with zero attached hydrogens (tertiary/aromatic N) is 4. The number of hydrogen-bond acceptors (Lipinski definition) is 3. The van der Waals surface area contributed by atoms with Crippen LogP contribution in [0.3, 0.4) is 0 Å². The summed E-state index contributed by atoms with van der Waals surface area (Å²) in [6.07, 6.45) is 0. The molecule has 0 fully saturated rings. The van der Waals surface area contributed by atoms with Crippen LogP contribution in [0.2, 0.25) is 0 Å². The maximum atomic E-state index is 9.14. The molecule has 4 nitrogen and oxygen atoms in total. The zero-order valence-electron chi connectivity index (χ0n) is 34.9. The van der Waals surface area contributed by atoms with E-state index in [1.54, 1.807) is 22.8 Å². The highest BCUT2D eigenvalue weighted by molar-refractivity contribution is 6.15. The number of para-hydroxylation sites is 1. The summed E-state index contributed by atoms with van der Waals surface area (Å²) in [6.45, 7) is 0. The molecular formula is C45H30N4. The standard InChI is InChI=1S/C45H30N4/c1-4-15-31(16-5-1)34-21-12-22-35(29-34)44-46-43(33-19-8-3-9-20-33)47-45(48-44)36-23-13-24-37(30-36)49-40-27-11-10-25-39(40)42-38(26-14-28-41(42)49)32-17-6-2-7-18-32/h1-30H/i2D,6D,7D,10D,11D,17D,18D,25D,27D. The first kappa shape index (κ1) is 20.6. The zero-order valence-corrected chi connectivity index (χ0v) is 25.9. The minimum atomic E-state index is -0.534. The molecular weight excluding hydrogens is 597 g/mol. The normalized spacial score (nSPS) is 13.8. The molecule has 0 spiro atoms. The Bertz CT molecular complexity index is 3090. The molecule has 9 aromatic rings. The van der Waals surface area contributed by atoms with Crippen molar-refractivity contribution in [1.29, 1.82) is 0 Å². The van der Waals surface area contributed by atoms with Crippen LogP contribution in [-0.2, 0) is 0 Å². The first-order valence-electron chi connectivity index (χ1n) is 20.2. The topological polar surface area (TPSA) is 43.6 Å². The Morgan fingerprint density at radius 3 is 1.73 bits per heavy atom. The Labute approximate surface area is 297 Å². The largest absolute Gasteiger partial charge is 0.309 e. The lowest BCUT2D eigenvalue weighted by Gasteiger charge is -2.12. The van der Waals surface area contributed by atoms with Gasteiger partial charge in [-0.2, -0.15) is 0 Å². The summed E-state index contributed by atoms with van der Waals surface area (Å²) >= 11 is 0. The van der Waals surface area contributed by atoms with Crippen LogP contribution in [0, 0.1) is 0 Å². The summed E-state index contributed by atoms with van der Waals surface area (Å²) in [5.74, 6) is 1.30. The van der Waals surface area contributed by atoms with Crippen molar-refractivity contribution in [3.05, 3.63) is 182 Å². The Morgan fingerprint density at radius 2 is 0.980 bits per heavy atom. The smallest absolute Gasteiger partial charge is 0.164 e. The second kappa shape index (κ2) is 12.2. The first-order chi connectivity index (χ1) is 28.0. The Balaban J connectivity index is 1.30. The monoisotopic (exact) mass is 635 g/mol. The van der Waals surface area contributed by atoms with Crippen LogP contribution in [0.1, 0.15) is 12.3 Å². The van der Waals surface area contributed by atoms with Crippen LogP contribution in [-0.4, -0.2) is 19.5 Å². The molecule has 4 heteroatoms. The van der Waals surface area contributed by atoms with Crippen molar-refractivity contribution in [2.75, 3.05) is 0 Å². The molecule has 2 heterocycles. The summed E-state index contributed by atoms with van der Waals surface area (Å²) < 4.78 is 79.7. The van der Waals surface area contributed by atoms with Crippen LogP contribution in [0.4, 0.5) is 0 Å². The van der Waals surface area contributed by atoms with E-state index in [4.69, 9.17) is 27.3 Å². The van der Waals surface area contributed by atoms with Crippen LogP contribution < -0.4 is 0 Å². The minimum absolute atomic E-state index is 0.0701. The van der Waals surface area contributed by atoms with E-state index in [-0.39, 0.29) is 34.1 Å². The fraction of sp³-hybridized carbons (Fsp3) is 0. The van der Waals surface area contributed by atoms with Gasteiger partial charge in [0, 0.05) is 33.2 Å². The molecule has 0 saturated heterocycles. The van der Waals surface area contributed by atoms with Gasteiger partial charge in [0.15, 0.2) is 17.5 Å². The van der Waals surface area contributed by atoms with E-state index in [0.29, 0.717) is 39.6 Å². The maximum absolute atomic E-state index is 9.14. The molecule has 0 atom stereocenters. The van der Waals surface area contributed by atoms with Gasteiger partial charge in [0.1, 0.15) is 0 Å². The van der Waals surface area contributed by atoms with Crippen molar-refractivity contribution in [1.82, 2.24) is 19.5 Å². The highest BCUT2D eigenvalue weighted by Gasteiger charge is 2.18. The molecule has 0 aliphatic rings. The quantitative estimate of drug-likeness (QED) is 0.183. The summed E-state index contributed by atoms with van der Waals surface area (Å²) in [6, 6.07) is 36.1. The van der Waals surface area contributed by atoms with Gasteiger partial charge in [-0.05, 0) is 52.6 Å². The van der Waals surface area contributed by atoms with E-state index in [2.05, 4.69) is 0 Å². The fourth-order valence-corrected chi connectivity index (χ4v) is 6.23. The highest BCUT2D eigenvalue weighted by Crippen LogP contribution is 2.39. The second-order valence-electron chi connectivity index (χ2n) is 11.4. The van der Waals surface area contributed by atoms with Gasteiger partial charge in [-0.25, -0.2) is 15.0 Å². The third kappa shape index (κ3) is 5.26. The van der Waals surface area contributed by atoms with E-state index >= 15 is 0 Å². The van der Waals surface area contributed by atoms with Crippen LogP contribution in [0.5, 0.6) is 0 Å². The SMILES string of the molecule is [2H]c1c([2H])c([2H])c(-c2cccc3c2c2c([2H])c([2H])c([2H])c([2H])c2n3-c2cccc(-c3nc(-c4ccccc4)nc(-c4cccc(-c5ccccc5)c4)n3)c2)c([2H])c1[2H]. The third-order valence-electron chi connectivity index (χ3n) is 8.45. The predicted molar refractivity (Wildman–Crippen MR) is 201 cm³/mol. The van der Waals surface area contributed by atoms with E-state index in [0.717, 1.165) is 22.3 Å². The lowest BCUT2D eigenvalue weighted by Crippen LogP contribution is -2.01. The molecule has 0 bridgehead atoms. The molecule has 0 saturated carbocycles. The van der Waals surface area contributed by atoms with Crippen LogP contribution in [0.15, 0.2) is 182 Å². The van der Waals surface area contributed by atoms with Gasteiger partial charge in [0.05, 0.1) is 23.4 Å². The summed E-state index contributed by atoms with van der Waals surface area (Å²) in [7, 11) is 0. The average Bonchev–Trinajstić information content (AvgIpc) is 3.63. The van der Waals surface area contributed by atoms with Gasteiger partial charge >= 0.3 is 0 Å². The summed E-state index contributed by atoms with van der Waals surface area (Å²) in [5.41, 5.74) is 5.55. The van der Waals surface area contributed by atoms with Crippen LogP contribution in [0.25, 0.3) is 83.9 Å². The fourth-order valence-electron chi connectivity index (χ4n) is 6.23. The van der Waals surface area contributed by atoms with Crippen molar-refractivity contribution >= 4 is 21.8 Å². The number of fused-ring (bicyclic) bond motifs is 3. The average molecular weight is 636 g/mol. The van der Waals surface area contributed by atoms with E-state index in [1.165, 1.54) is 0 Å². The molecule has 7 aromatic carbocycles. The Hall–Kier alpha value is -6.65. The van der Waals surface area contributed by atoms with Gasteiger partial charge in [-0.1, -0.05) is 151 Å². The summed E-state index contributed by atoms with van der Waals surface area (Å²) in [5, 5.41) is 0.474. The molecule has 0 amide bonds. The highest BCUT2D eigenvalue weighted by atomic mass is 15.0. The third-order valence-corrected chi connectivity index (χ3v) is 8.45. The molecule has 49 heavy (non-hydrogen) atoms. The molecule has 0 radical (unpaired) electrons. The van der Waals surface area contributed by atoms with Crippen LogP contribution >= 0.6 is 0 Å². The lowest BCUT2D eigenvalue weighted by molar-refractivity contribution is 1.07. The number of rotatable bonds is 6. The number of aromatic nitrogens is 4. The molecule has 2 aromatic heterocycles. The van der Waals surface area contributed by atoms with Crippen molar-refractivity contribution in [3.63, 3.8) is 0 Å². The van der Waals surface area contributed by atoms with Gasteiger partial charge < -0.3 is 4.57 Å².